The summed E-state index contributed by atoms with van der Waals surface area (Å²) in [6.07, 6.45) is -0.742. The summed E-state index contributed by atoms with van der Waals surface area (Å²) in [5, 5.41) is 20.3. The molecule has 1 atom stereocenters. The lowest BCUT2D eigenvalue weighted by atomic mass is 10.1. The first-order valence-corrected chi connectivity index (χ1v) is 7.51. The van der Waals surface area contributed by atoms with Crippen LogP contribution in [-0.4, -0.2) is 67.9 Å². The lowest BCUT2D eigenvalue weighted by Crippen LogP contribution is -2.49. The van der Waals surface area contributed by atoms with E-state index in [-0.39, 0.29) is 25.5 Å². The van der Waals surface area contributed by atoms with Crippen molar-refractivity contribution < 1.29 is 19.4 Å². The van der Waals surface area contributed by atoms with Gasteiger partial charge in [-0.2, -0.15) is 4.68 Å². The maximum atomic E-state index is 12.3. The summed E-state index contributed by atoms with van der Waals surface area (Å²) in [4.78, 5) is 24.8. The molecule has 0 spiro atoms. The number of benzene rings is 1. The van der Waals surface area contributed by atoms with Crippen LogP contribution in [0.1, 0.15) is 11.4 Å². The maximum Gasteiger partial charge on any atom is 0.334 e. The van der Waals surface area contributed by atoms with Crippen molar-refractivity contribution in [3.63, 3.8) is 0 Å². The minimum Gasteiger partial charge on any atom is -0.479 e. The molecule has 1 aliphatic heterocycles. The Morgan fingerprint density at radius 3 is 2.71 bits per heavy atom. The number of morpholine rings is 1. The van der Waals surface area contributed by atoms with Crippen LogP contribution in [0.4, 0.5) is 0 Å². The van der Waals surface area contributed by atoms with E-state index in [9.17, 15) is 9.59 Å². The molecule has 0 bridgehead atoms. The van der Waals surface area contributed by atoms with Crippen molar-refractivity contribution in [1.29, 1.82) is 0 Å². The van der Waals surface area contributed by atoms with Crippen molar-refractivity contribution in [1.82, 2.24) is 25.1 Å². The number of carboxylic acids is 1. The Bertz CT molecular complexity index is 743. The monoisotopic (exact) mass is 331 g/mol. The number of aliphatic carboxylic acids is 1. The van der Waals surface area contributed by atoms with Crippen LogP contribution in [0.15, 0.2) is 24.3 Å². The third kappa shape index (κ3) is 3.40. The van der Waals surface area contributed by atoms with E-state index in [1.807, 2.05) is 24.3 Å². The largest absolute Gasteiger partial charge is 0.479 e. The highest BCUT2D eigenvalue weighted by Gasteiger charge is 2.28. The zero-order valence-electron chi connectivity index (χ0n) is 13.1. The minimum atomic E-state index is -1.05. The molecule has 1 saturated heterocycles. The van der Waals surface area contributed by atoms with Gasteiger partial charge in [0.05, 0.1) is 25.3 Å². The molecule has 0 radical (unpaired) electrons. The van der Waals surface area contributed by atoms with Gasteiger partial charge in [0.25, 0.3) is 0 Å². The summed E-state index contributed by atoms with van der Waals surface area (Å²) in [7, 11) is 0. The molecular formula is C15H17N5O4. The van der Waals surface area contributed by atoms with Crippen LogP contribution in [-0.2, 0) is 20.7 Å². The van der Waals surface area contributed by atoms with Gasteiger partial charge in [-0.3, -0.25) is 4.79 Å². The Kier molecular flexibility index (Phi) is 4.52. The lowest BCUT2D eigenvalue weighted by molar-refractivity contribution is -0.159. The standard InChI is InChI=1S/C15H17N5O4/c1-10-16-17-18-20(10)12-4-2-11(3-5-12)8-14(21)19-6-7-24-13(9-19)15(22)23/h2-5,13H,6-9H2,1H3,(H,22,23). The molecule has 1 aromatic heterocycles. The molecule has 1 unspecified atom stereocenters. The first kappa shape index (κ1) is 16.1. The number of hydrogen-bond donors (Lipinski definition) is 1. The summed E-state index contributed by atoms with van der Waals surface area (Å²) in [6, 6.07) is 7.35. The quantitative estimate of drug-likeness (QED) is 0.827. The lowest BCUT2D eigenvalue weighted by Gasteiger charge is -2.31. The molecule has 2 heterocycles. The van der Waals surface area contributed by atoms with E-state index in [0.717, 1.165) is 11.3 Å². The number of carbonyl (C=O) groups excluding carboxylic acids is 1. The molecule has 24 heavy (non-hydrogen) atoms. The molecule has 9 heteroatoms. The fourth-order valence-electron chi connectivity index (χ4n) is 2.54. The van der Waals surface area contributed by atoms with Gasteiger partial charge in [-0.25, -0.2) is 4.79 Å². The first-order valence-electron chi connectivity index (χ1n) is 7.51. The molecule has 1 N–H and O–H groups in total. The number of hydrogen-bond acceptors (Lipinski definition) is 6. The van der Waals surface area contributed by atoms with Crippen LogP contribution in [0.2, 0.25) is 0 Å². The highest BCUT2D eigenvalue weighted by atomic mass is 16.5. The number of tetrazole rings is 1. The molecule has 2 aromatic rings. The Balaban J connectivity index is 1.64. The fourth-order valence-corrected chi connectivity index (χ4v) is 2.54. The predicted octanol–water partition coefficient (Wildman–Crippen LogP) is -0.175. The van der Waals surface area contributed by atoms with Gasteiger partial charge in [-0.15, -0.1) is 5.10 Å². The van der Waals surface area contributed by atoms with Crippen molar-refractivity contribution in [3.8, 4) is 5.69 Å². The Labute approximate surface area is 137 Å². The van der Waals surface area contributed by atoms with Gasteiger partial charge in [-0.1, -0.05) is 12.1 Å². The molecule has 0 saturated carbocycles. The molecule has 1 aliphatic rings. The van der Waals surface area contributed by atoms with Crippen molar-refractivity contribution in [2.75, 3.05) is 19.7 Å². The van der Waals surface area contributed by atoms with Crippen LogP contribution in [0, 0.1) is 6.92 Å². The smallest absolute Gasteiger partial charge is 0.334 e. The van der Waals surface area contributed by atoms with Crippen LogP contribution in [0.5, 0.6) is 0 Å². The zero-order chi connectivity index (χ0) is 17.1. The average Bonchev–Trinajstić information content (AvgIpc) is 3.01. The Hall–Kier alpha value is -2.81. The number of carbonyl (C=O) groups is 2. The van der Waals surface area contributed by atoms with E-state index in [2.05, 4.69) is 15.5 Å². The highest BCUT2D eigenvalue weighted by Crippen LogP contribution is 2.12. The van der Waals surface area contributed by atoms with Crippen LogP contribution in [0.25, 0.3) is 5.69 Å². The zero-order valence-corrected chi connectivity index (χ0v) is 13.1. The van der Waals surface area contributed by atoms with Crippen molar-refractivity contribution in [2.45, 2.75) is 19.4 Å². The third-order valence-corrected chi connectivity index (χ3v) is 3.86. The normalized spacial score (nSPS) is 17.7. The first-order chi connectivity index (χ1) is 11.5. The summed E-state index contributed by atoms with van der Waals surface area (Å²) in [5.41, 5.74) is 1.65. The Morgan fingerprint density at radius 1 is 1.33 bits per heavy atom. The summed E-state index contributed by atoms with van der Waals surface area (Å²) in [5.74, 6) is -0.489. The van der Waals surface area contributed by atoms with Crippen LogP contribution >= 0.6 is 0 Å². The van der Waals surface area contributed by atoms with E-state index in [1.54, 1.807) is 11.6 Å². The average molecular weight is 331 g/mol. The molecule has 1 aromatic carbocycles. The van der Waals surface area contributed by atoms with E-state index < -0.39 is 12.1 Å². The Morgan fingerprint density at radius 2 is 2.08 bits per heavy atom. The van der Waals surface area contributed by atoms with Gasteiger partial charge in [0.15, 0.2) is 11.9 Å². The number of rotatable bonds is 4. The second-order valence-electron chi connectivity index (χ2n) is 5.52. The van der Waals surface area contributed by atoms with Gasteiger partial charge >= 0.3 is 5.97 Å². The fraction of sp³-hybridized carbons (Fsp3) is 0.400. The number of amides is 1. The number of ether oxygens (including phenoxy) is 1. The molecule has 3 rings (SSSR count). The molecule has 9 nitrogen and oxygen atoms in total. The van der Waals surface area contributed by atoms with Crippen molar-refractivity contribution in [3.05, 3.63) is 35.7 Å². The van der Waals surface area contributed by atoms with E-state index >= 15 is 0 Å². The molecule has 0 aliphatic carbocycles. The topological polar surface area (TPSA) is 110 Å². The van der Waals surface area contributed by atoms with Crippen molar-refractivity contribution >= 4 is 11.9 Å². The molecule has 1 fully saturated rings. The van der Waals surface area contributed by atoms with E-state index in [1.165, 1.54) is 4.90 Å². The second kappa shape index (κ2) is 6.75. The maximum absolute atomic E-state index is 12.3. The van der Waals surface area contributed by atoms with Gasteiger partial charge in [0.1, 0.15) is 0 Å². The minimum absolute atomic E-state index is 0.0794. The van der Waals surface area contributed by atoms with Crippen LogP contribution in [0.3, 0.4) is 0 Å². The number of aromatic nitrogens is 4. The third-order valence-electron chi connectivity index (χ3n) is 3.86. The highest BCUT2D eigenvalue weighted by molar-refractivity contribution is 5.80. The van der Waals surface area contributed by atoms with Gasteiger partial charge in [-0.05, 0) is 35.0 Å². The summed E-state index contributed by atoms with van der Waals surface area (Å²) >= 11 is 0. The van der Waals surface area contributed by atoms with Gasteiger partial charge < -0.3 is 14.7 Å². The van der Waals surface area contributed by atoms with Gasteiger partial charge in [0.2, 0.25) is 5.91 Å². The number of carboxylic acid groups (broad SMARTS) is 1. The number of aryl methyl sites for hydroxylation is 1. The summed E-state index contributed by atoms with van der Waals surface area (Å²) < 4.78 is 6.73. The predicted molar refractivity (Wildman–Crippen MR) is 81.6 cm³/mol. The molecule has 126 valence electrons. The van der Waals surface area contributed by atoms with E-state index in [0.29, 0.717) is 12.4 Å². The summed E-state index contributed by atoms with van der Waals surface area (Å²) in [6.45, 7) is 2.52. The van der Waals surface area contributed by atoms with Gasteiger partial charge in [0, 0.05) is 6.54 Å². The molecule has 1 amide bonds. The van der Waals surface area contributed by atoms with E-state index in [4.69, 9.17) is 9.84 Å². The molecular weight excluding hydrogens is 314 g/mol. The van der Waals surface area contributed by atoms with Crippen molar-refractivity contribution in [2.24, 2.45) is 0 Å². The number of nitrogens with zero attached hydrogens (tertiary/aromatic N) is 5. The SMILES string of the molecule is Cc1nnnn1-c1ccc(CC(=O)N2CCOC(C(=O)O)C2)cc1. The second-order valence-corrected chi connectivity index (χ2v) is 5.52. The van der Waals surface area contributed by atoms with Crippen LogP contribution < -0.4 is 0 Å².